The topological polar surface area (TPSA) is 43.9 Å². The molecule has 0 N–H and O–H groups in total. The number of aromatic nitrogens is 3. The summed E-state index contributed by atoms with van der Waals surface area (Å²) < 4.78 is 7.91. The highest BCUT2D eigenvalue weighted by molar-refractivity contribution is 6.35. The molecule has 3 aromatic heterocycles. The van der Waals surface area contributed by atoms with Gasteiger partial charge in [-0.25, -0.2) is 9.97 Å². The van der Waals surface area contributed by atoms with Gasteiger partial charge in [-0.05, 0) is 31.2 Å². The number of fused-ring (bicyclic) bond motifs is 1. The Bertz CT molecular complexity index is 988. The highest BCUT2D eigenvalue weighted by atomic mass is 35.5. The van der Waals surface area contributed by atoms with Crippen LogP contribution in [0.2, 0.25) is 5.02 Å². The van der Waals surface area contributed by atoms with E-state index in [-0.39, 0.29) is 0 Å². The summed E-state index contributed by atoms with van der Waals surface area (Å²) in [5, 5.41) is 1.70. The van der Waals surface area contributed by atoms with Crippen molar-refractivity contribution in [1.29, 1.82) is 0 Å². The Kier molecular flexibility index (Phi) is 3.82. The van der Waals surface area contributed by atoms with Crippen LogP contribution in [0.15, 0.2) is 59.3 Å². The van der Waals surface area contributed by atoms with Crippen molar-refractivity contribution in [1.82, 2.24) is 14.5 Å². The SMILES string of the molecule is Cc1oc(-c2ccccc2)nc1CCn1ccc2c(Cl)ccnc21. The fourth-order valence-corrected chi connectivity index (χ4v) is 3.03. The molecule has 3 heterocycles. The second kappa shape index (κ2) is 6.13. The van der Waals surface area contributed by atoms with Crippen LogP contribution in [-0.2, 0) is 13.0 Å². The van der Waals surface area contributed by atoms with E-state index in [1.54, 1.807) is 6.20 Å². The first kappa shape index (κ1) is 15.0. The number of rotatable bonds is 4. The molecular weight excluding hydrogens is 322 g/mol. The fraction of sp³-hybridized carbons (Fsp3) is 0.158. The van der Waals surface area contributed by atoms with Gasteiger partial charge in [0.2, 0.25) is 5.89 Å². The van der Waals surface area contributed by atoms with Crippen LogP contribution in [-0.4, -0.2) is 14.5 Å². The molecule has 0 spiro atoms. The van der Waals surface area contributed by atoms with Gasteiger partial charge in [0.25, 0.3) is 0 Å². The van der Waals surface area contributed by atoms with E-state index in [1.807, 2.05) is 55.6 Å². The highest BCUT2D eigenvalue weighted by Crippen LogP contribution is 2.24. The maximum Gasteiger partial charge on any atom is 0.226 e. The molecule has 0 aliphatic rings. The minimum absolute atomic E-state index is 0.668. The van der Waals surface area contributed by atoms with Crippen LogP contribution in [0, 0.1) is 6.92 Å². The lowest BCUT2D eigenvalue weighted by Crippen LogP contribution is -2.02. The molecule has 0 radical (unpaired) electrons. The van der Waals surface area contributed by atoms with Gasteiger partial charge in [-0.15, -0.1) is 0 Å². The molecule has 120 valence electrons. The van der Waals surface area contributed by atoms with Crippen LogP contribution in [0.1, 0.15) is 11.5 Å². The van der Waals surface area contributed by atoms with Gasteiger partial charge in [0.15, 0.2) is 0 Å². The summed E-state index contributed by atoms with van der Waals surface area (Å²) in [4.78, 5) is 9.07. The first-order chi connectivity index (χ1) is 11.7. The Morgan fingerprint density at radius 3 is 2.79 bits per heavy atom. The zero-order valence-corrected chi connectivity index (χ0v) is 14.0. The first-order valence-corrected chi connectivity index (χ1v) is 8.21. The molecule has 1 aromatic carbocycles. The third-order valence-corrected chi connectivity index (χ3v) is 4.44. The van der Waals surface area contributed by atoms with Gasteiger partial charge in [0.05, 0.1) is 10.7 Å². The van der Waals surface area contributed by atoms with Crippen LogP contribution >= 0.6 is 11.6 Å². The van der Waals surface area contributed by atoms with Gasteiger partial charge in [0, 0.05) is 36.3 Å². The fourth-order valence-electron chi connectivity index (χ4n) is 2.83. The maximum absolute atomic E-state index is 6.20. The van der Waals surface area contributed by atoms with Gasteiger partial charge in [-0.3, -0.25) is 0 Å². The van der Waals surface area contributed by atoms with Crippen molar-refractivity contribution in [3.05, 3.63) is 71.3 Å². The normalized spacial score (nSPS) is 11.2. The quantitative estimate of drug-likeness (QED) is 0.532. The lowest BCUT2D eigenvalue weighted by atomic mass is 10.2. The summed E-state index contributed by atoms with van der Waals surface area (Å²) in [6.07, 6.45) is 4.52. The summed E-state index contributed by atoms with van der Waals surface area (Å²) in [7, 11) is 0. The summed E-state index contributed by atoms with van der Waals surface area (Å²) in [5.74, 6) is 1.53. The molecule has 0 saturated heterocycles. The van der Waals surface area contributed by atoms with E-state index in [0.29, 0.717) is 5.89 Å². The van der Waals surface area contributed by atoms with E-state index in [2.05, 4.69) is 14.5 Å². The number of nitrogens with zero attached hydrogens (tertiary/aromatic N) is 3. The van der Waals surface area contributed by atoms with Crippen molar-refractivity contribution >= 4 is 22.6 Å². The summed E-state index contributed by atoms with van der Waals surface area (Å²) >= 11 is 6.20. The van der Waals surface area contributed by atoms with Crippen LogP contribution in [0.3, 0.4) is 0 Å². The Hall–Kier alpha value is -2.59. The zero-order chi connectivity index (χ0) is 16.5. The van der Waals surface area contributed by atoms with Crippen molar-refractivity contribution in [2.75, 3.05) is 0 Å². The zero-order valence-electron chi connectivity index (χ0n) is 13.2. The largest absolute Gasteiger partial charge is 0.441 e. The van der Waals surface area contributed by atoms with Gasteiger partial charge < -0.3 is 8.98 Å². The molecule has 4 nitrogen and oxygen atoms in total. The van der Waals surface area contributed by atoms with E-state index in [4.69, 9.17) is 16.0 Å². The number of hydrogen-bond acceptors (Lipinski definition) is 3. The van der Waals surface area contributed by atoms with Gasteiger partial charge in [-0.1, -0.05) is 29.8 Å². The average Bonchev–Trinajstić information content (AvgIpc) is 3.18. The number of pyridine rings is 1. The molecule has 24 heavy (non-hydrogen) atoms. The van der Waals surface area contributed by atoms with Gasteiger partial charge >= 0.3 is 0 Å². The monoisotopic (exact) mass is 337 g/mol. The molecule has 0 bridgehead atoms. The third-order valence-electron chi connectivity index (χ3n) is 4.11. The molecule has 0 unspecified atom stereocenters. The lowest BCUT2D eigenvalue weighted by molar-refractivity contribution is 0.537. The second-order valence-corrected chi connectivity index (χ2v) is 6.08. The minimum Gasteiger partial charge on any atom is -0.441 e. The minimum atomic E-state index is 0.668. The van der Waals surface area contributed by atoms with E-state index in [0.717, 1.165) is 46.0 Å². The number of oxazole rings is 1. The summed E-state index contributed by atoms with van der Waals surface area (Å²) in [5.41, 5.74) is 2.86. The van der Waals surface area contributed by atoms with Crippen LogP contribution in [0.25, 0.3) is 22.5 Å². The number of aryl methyl sites for hydroxylation is 3. The third kappa shape index (κ3) is 2.69. The molecule has 0 saturated carbocycles. The Morgan fingerprint density at radius 1 is 1.12 bits per heavy atom. The average molecular weight is 338 g/mol. The Labute approximate surface area is 144 Å². The van der Waals surface area contributed by atoms with Crippen molar-refractivity contribution in [3.8, 4) is 11.5 Å². The molecule has 0 fully saturated rings. The van der Waals surface area contributed by atoms with Crippen molar-refractivity contribution in [2.45, 2.75) is 19.9 Å². The maximum atomic E-state index is 6.20. The van der Waals surface area contributed by atoms with E-state index < -0.39 is 0 Å². The Morgan fingerprint density at radius 2 is 1.96 bits per heavy atom. The van der Waals surface area contributed by atoms with Crippen molar-refractivity contribution < 1.29 is 4.42 Å². The van der Waals surface area contributed by atoms with Crippen molar-refractivity contribution in [2.24, 2.45) is 0 Å². The van der Waals surface area contributed by atoms with E-state index in [1.165, 1.54) is 0 Å². The van der Waals surface area contributed by atoms with Crippen LogP contribution in [0.5, 0.6) is 0 Å². The molecular formula is C19H16ClN3O. The number of halogens is 1. The molecule has 4 aromatic rings. The molecule has 0 atom stereocenters. The second-order valence-electron chi connectivity index (χ2n) is 5.68. The first-order valence-electron chi connectivity index (χ1n) is 7.83. The molecule has 5 heteroatoms. The van der Waals surface area contributed by atoms with Crippen molar-refractivity contribution in [3.63, 3.8) is 0 Å². The predicted molar refractivity (Wildman–Crippen MR) is 95.1 cm³/mol. The molecule has 0 aliphatic carbocycles. The van der Waals surface area contributed by atoms with Gasteiger partial charge in [0.1, 0.15) is 11.4 Å². The highest BCUT2D eigenvalue weighted by Gasteiger charge is 2.12. The molecule has 0 amide bonds. The predicted octanol–water partition coefficient (Wildman–Crippen LogP) is 4.90. The standard InChI is InChI=1S/C19H16ClN3O/c1-13-17(22-19(24-13)14-5-3-2-4-6-14)9-12-23-11-8-15-16(20)7-10-21-18(15)23/h2-8,10-11H,9,12H2,1H3. The summed E-state index contributed by atoms with van der Waals surface area (Å²) in [6.45, 7) is 2.73. The van der Waals surface area contributed by atoms with Crippen LogP contribution < -0.4 is 0 Å². The number of hydrogen-bond donors (Lipinski definition) is 0. The Balaban J connectivity index is 1.58. The van der Waals surface area contributed by atoms with Gasteiger partial charge in [-0.2, -0.15) is 0 Å². The lowest BCUT2D eigenvalue weighted by Gasteiger charge is -2.03. The molecule has 4 rings (SSSR count). The number of benzene rings is 1. The van der Waals surface area contributed by atoms with Crippen LogP contribution in [0.4, 0.5) is 0 Å². The van der Waals surface area contributed by atoms with E-state index in [9.17, 15) is 0 Å². The van der Waals surface area contributed by atoms with E-state index >= 15 is 0 Å². The smallest absolute Gasteiger partial charge is 0.226 e. The summed E-state index contributed by atoms with van der Waals surface area (Å²) in [6, 6.07) is 13.8. The molecule has 0 aliphatic heterocycles.